The number of rotatable bonds is 4. The van der Waals surface area contributed by atoms with Crippen molar-refractivity contribution in [2.24, 2.45) is 0 Å². The highest BCUT2D eigenvalue weighted by atomic mass is 19.1. The monoisotopic (exact) mass is 327 g/mol. The molecule has 2 heterocycles. The van der Waals surface area contributed by atoms with Gasteiger partial charge < -0.3 is 19.5 Å². The van der Waals surface area contributed by atoms with Crippen LogP contribution in [0.2, 0.25) is 0 Å². The van der Waals surface area contributed by atoms with Crippen molar-refractivity contribution in [2.45, 2.75) is 43.9 Å². The van der Waals surface area contributed by atoms with Crippen LogP contribution < -0.4 is 10.1 Å². The van der Waals surface area contributed by atoms with E-state index in [-0.39, 0.29) is 29.5 Å². The van der Waals surface area contributed by atoms with Crippen LogP contribution in [-0.2, 0) is 16.0 Å². The number of halogens is 2. The molecule has 4 nitrogen and oxygen atoms in total. The highest BCUT2D eigenvalue weighted by Gasteiger charge is 2.38. The van der Waals surface area contributed by atoms with Gasteiger partial charge in [0.2, 0.25) is 0 Å². The fraction of sp³-hybridized carbons (Fsp3) is 0.647. The van der Waals surface area contributed by atoms with Crippen LogP contribution in [0.5, 0.6) is 5.75 Å². The second-order valence-corrected chi connectivity index (χ2v) is 6.26. The zero-order chi connectivity index (χ0) is 16.3. The van der Waals surface area contributed by atoms with E-state index in [2.05, 4.69) is 5.32 Å². The van der Waals surface area contributed by atoms with Gasteiger partial charge in [-0.2, -0.15) is 0 Å². The molecule has 2 aliphatic heterocycles. The highest BCUT2D eigenvalue weighted by Crippen LogP contribution is 2.34. The number of nitrogens with one attached hydrogen (secondary N) is 1. The molecule has 0 aliphatic carbocycles. The molecule has 1 N–H and O–H groups in total. The molecule has 0 radical (unpaired) electrons. The van der Waals surface area contributed by atoms with Crippen molar-refractivity contribution in [3.8, 4) is 5.75 Å². The minimum absolute atomic E-state index is 0.0249. The lowest BCUT2D eigenvalue weighted by Gasteiger charge is -2.43. The molecule has 0 bridgehead atoms. The van der Waals surface area contributed by atoms with Gasteiger partial charge in [-0.25, -0.2) is 8.78 Å². The molecule has 128 valence electrons. The first-order valence-corrected chi connectivity index (χ1v) is 8.09. The van der Waals surface area contributed by atoms with Crippen molar-refractivity contribution in [3.05, 3.63) is 29.3 Å². The number of benzene rings is 1. The summed E-state index contributed by atoms with van der Waals surface area (Å²) in [7, 11) is 1.38. The predicted octanol–water partition coefficient (Wildman–Crippen LogP) is 2.79. The average Bonchev–Trinajstić information content (AvgIpc) is 2.56. The quantitative estimate of drug-likeness (QED) is 0.923. The fourth-order valence-corrected chi connectivity index (χ4v) is 3.44. The molecule has 2 aliphatic rings. The highest BCUT2D eigenvalue weighted by molar-refractivity contribution is 5.32. The van der Waals surface area contributed by atoms with Crippen LogP contribution in [-0.4, -0.2) is 38.6 Å². The van der Waals surface area contributed by atoms with Gasteiger partial charge in [0, 0.05) is 38.0 Å². The van der Waals surface area contributed by atoms with Crippen molar-refractivity contribution in [1.29, 1.82) is 0 Å². The van der Waals surface area contributed by atoms with Crippen molar-refractivity contribution in [2.75, 3.05) is 26.9 Å². The summed E-state index contributed by atoms with van der Waals surface area (Å²) in [5, 5.41) is 3.29. The lowest BCUT2D eigenvalue weighted by Crippen LogP contribution is -2.49. The van der Waals surface area contributed by atoms with Gasteiger partial charge in [-0.15, -0.1) is 0 Å². The third-order valence-corrected chi connectivity index (χ3v) is 4.84. The maximum atomic E-state index is 14.2. The first kappa shape index (κ1) is 16.6. The smallest absolute Gasteiger partial charge is 0.172 e. The van der Waals surface area contributed by atoms with E-state index in [0.29, 0.717) is 19.8 Å². The van der Waals surface area contributed by atoms with E-state index in [1.807, 2.05) is 0 Å². The minimum Gasteiger partial charge on any atom is -0.494 e. The summed E-state index contributed by atoms with van der Waals surface area (Å²) < 4.78 is 44.4. The van der Waals surface area contributed by atoms with Gasteiger partial charge in [0.25, 0.3) is 0 Å². The normalized spacial score (nSPS) is 23.9. The van der Waals surface area contributed by atoms with Gasteiger partial charge in [-0.3, -0.25) is 0 Å². The third-order valence-electron chi connectivity index (χ3n) is 4.84. The van der Waals surface area contributed by atoms with Crippen molar-refractivity contribution < 1.29 is 23.0 Å². The number of hydrogen-bond acceptors (Lipinski definition) is 4. The molecular formula is C17H23F2NO3. The van der Waals surface area contributed by atoms with Crippen molar-refractivity contribution in [1.82, 2.24) is 5.32 Å². The van der Waals surface area contributed by atoms with Crippen LogP contribution in [0.4, 0.5) is 8.78 Å². The Hall–Kier alpha value is -1.24. The van der Waals surface area contributed by atoms with Crippen molar-refractivity contribution >= 4 is 0 Å². The lowest BCUT2D eigenvalue weighted by atomic mass is 9.84. The first-order valence-electron chi connectivity index (χ1n) is 8.09. The van der Waals surface area contributed by atoms with E-state index in [4.69, 9.17) is 14.2 Å². The number of hydrogen-bond donors (Lipinski definition) is 1. The zero-order valence-electron chi connectivity index (χ0n) is 13.4. The van der Waals surface area contributed by atoms with E-state index >= 15 is 0 Å². The molecule has 23 heavy (non-hydrogen) atoms. The Morgan fingerprint density at radius 2 is 2.04 bits per heavy atom. The second kappa shape index (κ2) is 7.11. The summed E-state index contributed by atoms with van der Waals surface area (Å²) in [6.07, 6.45) is 3.46. The van der Waals surface area contributed by atoms with Crippen LogP contribution in [0.15, 0.2) is 12.1 Å². The molecule has 1 atom stereocenters. The molecule has 1 aromatic carbocycles. The van der Waals surface area contributed by atoms with Crippen LogP contribution in [0.3, 0.4) is 0 Å². The van der Waals surface area contributed by atoms with E-state index in [1.54, 1.807) is 0 Å². The Balaban J connectivity index is 1.64. The van der Waals surface area contributed by atoms with E-state index < -0.39 is 11.6 Å². The Morgan fingerprint density at radius 1 is 1.26 bits per heavy atom. The average molecular weight is 327 g/mol. The molecule has 3 rings (SSSR count). The van der Waals surface area contributed by atoms with Gasteiger partial charge in [-0.05, 0) is 37.8 Å². The summed E-state index contributed by atoms with van der Waals surface area (Å²) in [6.45, 7) is 2.24. The molecule has 1 aromatic rings. The Kier molecular flexibility index (Phi) is 5.14. The third kappa shape index (κ3) is 3.65. The Labute approximate surface area is 135 Å². The minimum atomic E-state index is -0.632. The zero-order valence-corrected chi connectivity index (χ0v) is 13.4. The fourth-order valence-electron chi connectivity index (χ4n) is 3.44. The van der Waals surface area contributed by atoms with E-state index in [0.717, 1.165) is 25.7 Å². The standard InChI is InChI=1S/C17H23F2NO3/c1-21-15-3-2-14(18)13(16(15)19)11-20-12-4-7-23-17(10-12)5-8-22-9-6-17/h2-3,12,20H,4-11H2,1H3/t12-/m1/s1. The largest absolute Gasteiger partial charge is 0.494 e. The molecule has 0 aromatic heterocycles. The van der Waals surface area contributed by atoms with Crippen LogP contribution in [0.25, 0.3) is 0 Å². The number of methoxy groups -OCH3 is 1. The van der Waals surface area contributed by atoms with Gasteiger partial charge in [-0.1, -0.05) is 0 Å². The predicted molar refractivity (Wildman–Crippen MR) is 81.5 cm³/mol. The van der Waals surface area contributed by atoms with Crippen molar-refractivity contribution in [3.63, 3.8) is 0 Å². The molecule has 0 saturated carbocycles. The van der Waals surface area contributed by atoms with E-state index in [1.165, 1.54) is 19.2 Å². The molecule has 6 heteroatoms. The molecular weight excluding hydrogens is 304 g/mol. The van der Waals surface area contributed by atoms with Crippen LogP contribution in [0.1, 0.15) is 31.2 Å². The molecule has 2 saturated heterocycles. The first-order chi connectivity index (χ1) is 11.1. The van der Waals surface area contributed by atoms with E-state index in [9.17, 15) is 8.78 Å². The topological polar surface area (TPSA) is 39.7 Å². The van der Waals surface area contributed by atoms with Gasteiger partial charge >= 0.3 is 0 Å². The molecule has 0 amide bonds. The summed E-state index contributed by atoms with van der Waals surface area (Å²) in [5.74, 6) is -1.12. The summed E-state index contributed by atoms with van der Waals surface area (Å²) >= 11 is 0. The second-order valence-electron chi connectivity index (χ2n) is 6.26. The summed E-state index contributed by atoms with van der Waals surface area (Å²) in [5.41, 5.74) is -0.114. The van der Waals surface area contributed by atoms with Crippen LogP contribution in [0, 0.1) is 11.6 Å². The Morgan fingerprint density at radius 3 is 2.78 bits per heavy atom. The molecule has 0 unspecified atom stereocenters. The van der Waals surface area contributed by atoms with Gasteiger partial charge in [0.1, 0.15) is 5.82 Å². The maximum absolute atomic E-state index is 14.2. The van der Waals surface area contributed by atoms with Crippen LogP contribution >= 0.6 is 0 Å². The maximum Gasteiger partial charge on any atom is 0.172 e. The van der Waals surface area contributed by atoms with Gasteiger partial charge in [0.15, 0.2) is 11.6 Å². The summed E-state index contributed by atoms with van der Waals surface area (Å²) in [6, 6.07) is 2.73. The van der Waals surface area contributed by atoms with Gasteiger partial charge in [0.05, 0.1) is 12.7 Å². The molecule has 2 fully saturated rings. The number of ether oxygens (including phenoxy) is 3. The summed E-state index contributed by atoms with van der Waals surface area (Å²) in [4.78, 5) is 0. The lowest BCUT2D eigenvalue weighted by molar-refractivity contribution is -0.140. The Bertz CT molecular complexity index is 541. The molecule has 1 spiro atoms. The SMILES string of the molecule is COc1ccc(F)c(CN[C@@H]2CCOC3(CCOCC3)C2)c1F.